The molecule has 0 bridgehead atoms. The molecule has 1 N–H and O–H groups in total. The molecule has 3 aliphatic rings. The molecule has 0 spiro atoms. The van der Waals surface area contributed by atoms with Gasteiger partial charge in [0, 0.05) is 25.3 Å². The Labute approximate surface area is 162 Å². The first kappa shape index (κ1) is 19.5. The van der Waals surface area contributed by atoms with E-state index >= 15 is 0 Å². The Morgan fingerprint density at radius 3 is 2.86 bits per heavy atom. The lowest BCUT2D eigenvalue weighted by molar-refractivity contribution is -0.173. The van der Waals surface area contributed by atoms with Gasteiger partial charge >= 0.3 is 6.18 Å². The summed E-state index contributed by atoms with van der Waals surface area (Å²) in [5, 5.41) is 7.50. The van der Waals surface area contributed by atoms with E-state index in [0.29, 0.717) is 37.5 Å². The largest absolute Gasteiger partial charge is 0.410 e. The highest BCUT2D eigenvalue weighted by atomic mass is 19.4. The minimum atomic E-state index is -4.35. The van der Waals surface area contributed by atoms with Crippen LogP contribution in [0.1, 0.15) is 69.6 Å². The third-order valence-electron chi connectivity index (χ3n) is 6.12. The molecular formula is C19H27F3N4O2. The number of hydrogen-bond acceptors (Lipinski definition) is 4. The van der Waals surface area contributed by atoms with E-state index in [1.807, 2.05) is 6.92 Å². The van der Waals surface area contributed by atoms with Crippen molar-refractivity contribution in [2.75, 3.05) is 18.5 Å². The number of anilines is 1. The zero-order valence-corrected chi connectivity index (χ0v) is 16.0. The number of carbonyl (C=O) groups is 1. The van der Waals surface area contributed by atoms with E-state index in [1.165, 1.54) is 0 Å². The van der Waals surface area contributed by atoms with Crippen molar-refractivity contribution in [1.29, 1.82) is 0 Å². The Kier molecular flexibility index (Phi) is 5.28. The Morgan fingerprint density at radius 2 is 2.18 bits per heavy atom. The summed E-state index contributed by atoms with van der Waals surface area (Å²) in [4.78, 5) is 14.5. The number of nitrogens with one attached hydrogen (secondary N) is 1. The Morgan fingerprint density at radius 1 is 1.36 bits per heavy atom. The first-order valence-corrected chi connectivity index (χ1v) is 10.2. The first-order valence-electron chi connectivity index (χ1n) is 10.2. The van der Waals surface area contributed by atoms with E-state index in [4.69, 9.17) is 4.74 Å². The van der Waals surface area contributed by atoms with Crippen LogP contribution in [0.3, 0.4) is 0 Å². The Hall–Kier alpha value is -1.77. The molecule has 4 atom stereocenters. The molecule has 1 aromatic rings. The molecule has 4 heterocycles. The molecule has 2 fully saturated rings. The van der Waals surface area contributed by atoms with Crippen molar-refractivity contribution in [2.45, 2.75) is 82.3 Å². The van der Waals surface area contributed by atoms with Gasteiger partial charge in [-0.25, -0.2) is 4.68 Å². The second kappa shape index (κ2) is 7.57. The predicted molar refractivity (Wildman–Crippen MR) is 96.9 cm³/mol. The van der Waals surface area contributed by atoms with E-state index in [1.54, 1.807) is 11.0 Å². The molecule has 0 radical (unpaired) electrons. The number of alkyl halides is 3. The molecule has 0 unspecified atom stereocenters. The molecule has 0 saturated carbocycles. The first-order chi connectivity index (χ1) is 13.4. The van der Waals surface area contributed by atoms with Crippen LogP contribution in [0.4, 0.5) is 19.0 Å². The SMILES string of the molecule is CC[C@@H]1C[C@H](C(F)(F)F)n2nc([C@@H]3CCCN3C(=O)C[C@@H]3CCCO3)cc2N1. The van der Waals surface area contributed by atoms with Crippen molar-refractivity contribution >= 4 is 11.7 Å². The fraction of sp³-hybridized carbons (Fsp3) is 0.789. The number of fused-ring (bicyclic) bond motifs is 1. The average molecular weight is 400 g/mol. The molecule has 1 aromatic heterocycles. The third kappa shape index (κ3) is 3.73. The number of hydrogen-bond donors (Lipinski definition) is 1. The molecule has 28 heavy (non-hydrogen) atoms. The Bertz CT molecular complexity index is 715. The van der Waals surface area contributed by atoms with Gasteiger partial charge in [0.2, 0.25) is 5.91 Å². The van der Waals surface area contributed by atoms with Gasteiger partial charge in [-0.15, -0.1) is 0 Å². The summed E-state index contributed by atoms with van der Waals surface area (Å²) in [5.41, 5.74) is 0.548. The van der Waals surface area contributed by atoms with Crippen LogP contribution < -0.4 is 5.32 Å². The summed E-state index contributed by atoms with van der Waals surface area (Å²) < 4.78 is 47.4. The third-order valence-corrected chi connectivity index (χ3v) is 6.12. The molecule has 6 nitrogen and oxygen atoms in total. The highest BCUT2D eigenvalue weighted by Gasteiger charge is 2.46. The van der Waals surface area contributed by atoms with Gasteiger partial charge in [-0.3, -0.25) is 4.79 Å². The highest BCUT2D eigenvalue weighted by molar-refractivity contribution is 5.77. The van der Waals surface area contributed by atoms with Gasteiger partial charge in [0.25, 0.3) is 0 Å². The van der Waals surface area contributed by atoms with E-state index < -0.39 is 12.2 Å². The molecule has 0 aliphatic carbocycles. The Balaban J connectivity index is 1.55. The number of rotatable bonds is 4. The van der Waals surface area contributed by atoms with Gasteiger partial charge < -0.3 is 15.0 Å². The van der Waals surface area contributed by atoms with Crippen LogP contribution in [-0.2, 0) is 9.53 Å². The van der Waals surface area contributed by atoms with Gasteiger partial charge in [-0.1, -0.05) is 6.92 Å². The molecule has 1 amide bonds. The average Bonchev–Trinajstić information content (AvgIpc) is 3.38. The molecule has 0 aromatic carbocycles. The highest BCUT2D eigenvalue weighted by Crippen LogP contribution is 2.42. The summed E-state index contributed by atoms with van der Waals surface area (Å²) >= 11 is 0. The molecule has 9 heteroatoms. The summed E-state index contributed by atoms with van der Waals surface area (Å²) in [6.07, 6.45) is -0.0472. The topological polar surface area (TPSA) is 59.4 Å². The van der Waals surface area contributed by atoms with Crippen LogP contribution in [-0.4, -0.2) is 52.1 Å². The van der Waals surface area contributed by atoms with Crippen molar-refractivity contribution in [3.8, 4) is 0 Å². The number of aromatic nitrogens is 2. The van der Waals surface area contributed by atoms with Crippen molar-refractivity contribution < 1.29 is 22.7 Å². The number of carbonyl (C=O) groups excluding carboxylic acids is 1. The number of nitrogens with zero attached hydrogens (tertiary/aromatic N) is 3. The fourth-order valence-corrected chi connectivity index (χ4v) is 4.59. The summed E-state index contributed by atoms with van der Waals surface area (Å²) in [6.45, 7) is 3.19. The summed E-state index contributed by atoms with van der Waals surface area (Å²) in [6, 6.07) is -0.421. The minimum absolute atomic E-state index is 0.00661. The van der Waals surface area contributed by atoms with Crippen LogP contribution in [0, 0.1) is 0 Å². The maximum Gasteiger partial charge on any atom is 0.410 e. The number of amides is 1. The van der Waals surface area contributed by atoms with E-state index in [2.05, 4.69) is 10.4 Å². The van der Waals surface area contributed by atoms with Gasteiger partial charge in [0.05, 0.1) is 24.3 Å². The van der Waals surface area contributed by atoms with Crippen molar-refractivity contribution in [1.82, 2.24) is 14.7 Å². The maximum atomic E-state index is 13.6. The zero-order valence-electron chi connectivity index (χ0n) is 16.0. The maximum absolute atomic E-state index is 13.6. The van der Waals surface area contributed by atoms with Crippen molar-refractivity contribution in [3.63, 3.8) is 0 Å². The second-order valence-corrected chi connectivity index (χ2v) is 8.03. The lowest BCUT2D eigenvalue weighted by atomic mass is 10.0. The number of likely N-dealkylation sites (tertiary alicyclic amines) is 1. The number of halogens is 3. The summed E-state index contributed by atoms with van der Waals surface area (Å²) in [7, 11) is 0. The molecule has 3 aliphatic heterocycles. The molecule has 156 valence electrons. The zero-order chi connectivity index (χ0) is 19.9. The van der Waals surface area contributed by atoms with Crippen LogP contribution >= 0.6 is 0 Å². The monoisotopic (exact) mass is 400 g/mol. The standard InChI is InChI=1S/C19H27F3N4O2/c1-2-12-9-16(19(20,21)22)26-17(23-12)11-14(24-26)15-6-3-7-25(15)18(27)10-13-5-4-8-28-13/h11-13,15-16,23H,2-10H2,1H3/t12-,13+,15+,16-/m1/s1. The predicted octanol–water partition coefficient (Wildman–Crippen LogP) is 3.81. The van der Waals surface area contributed by atoms with Crippen LogP contribution in [0.2, 0.25) is 0 Å². The van der Waals surface area contributed by atoms with Gasteiger partial charge in [0.1, 0.15) is 5.82 Å². The lowest BCUT2D eigenvalue weighted by Crippen LogP contribution is -2.39. The van der Waals surface area contributed by atoms with Crippen LogP contribution in [0.5, 0.6) is 0 Å². The quantitative estimate of drug-likeness (QED) is 0.835. The molecule has 4 rings (SSSR count). The minimum Gasteiger partial charge on any atom is -0.378 e. The van der Waals surface area contributed by atoms with E-state index in [0.717, 1.165) is 30.4 Å². The van der Waals surface area contributed by atoms with E-state index in [-0.39, 0.29) is 30.5 Å². The fourth-order valence-electron chi connectivity index (χ4n) is 4.59. The summed E-state index contributed by atoms with van der Waals surface area (Å²) in [5.74, 6) is 0.404. The molecular weight excluding hydrogens is 373 g/mol. The van der Waals surface area contributed by atoms with Gasteiger partial charge in [-0.05, 0) is 38.5 Å². The lowest BCUT2D eigenvalue weighted by Gasteiger charge is -2.32. The normalized spacial score (nSPS) is 30.4. The second-order valence-electron chi connectivity index (χ2n) is 8.03. The van der Waals surface area contributed by atoms with E-state index in [9.17, 15) is 18.0 Å². The van der Waals surface area contributed by atoms with Gasteiger partial charge in [0.15, 0.2) is 6.04 Å². The van der Waals surface area contributed by atoms with Crippen LogP contribution in [0.15, 0.2) is 6.07 Å². The molecule has 2 saturated heterocycles. The van der Waals surface area contributed by atoms with Crippen LogP contribution in [0.25, 0.3) is 0 Å². The smallest absolute Gasteiger partial charge is 0.378 e. The van der Waals surface area contributed by atoms with Gasteiger partial charge in [-0.2, -0.15) is 18.3 Å². The van der Waals surface area contributed by atoms with Crippen molar-refractivity contribution in [3.05, 3.63) is 11.8 Å². The van der Waals surface area contributed by atoms with Crippen molar-refractivity contribution in [2.24, 2.45) is 0 Å². The number of ether oxygens (including phenoxy) is 1.